The van der Waals surface area contributed by atoms with Crippen LogP contribution in [0.5, 0.6) is 5.75 Å². The summed E-state index contributed by atoms with van der Waals surface area (Å²) in [6.07, 6.45) is 7.60. The van der Waals surface area contributed by atoms with Crippen molar-refractivity contribution >= 4 is 11.0 Å². The summed E-state index contributed by atoms with van der Waals surface area (Å²) in [6, 6.07) is 18.6. The standard InChI is InChI=1S/C25H26N4O/c1-2-13-29(14-3-1)15-16-30-22-9-6-19(7-10-22)20-8-11-23-24(17-20)28-25(27-23)21-5-4-12-26-18-21/h4-12,17-18H,1-3,13-16H2,(H,27,28). The zero-order valence-corrected chi connectivity index (χ0v) is 17.1. The van der Waals surface area contributed by atoms with Gasteiger partial charge in [0.15, 0.2) is 0 Å². The van der Waals surface area contributed by atoms with Gasteiger partial charge in [-0.3, -0.25) is 9.88 Å². The SMILES string of the molecule is c1cncc(-c2nc3cc(-c4ccc(OCCN5CCCCC5)cc4)ccc3[nH]2)c1. The van der Waals surface area contributed by atoms with Crippen molar-refractivity contribution in [1.29, 1.82) is 0 Å². The van der Waals surface area contributed by atoms with Crippen LogP contribution in [0, 0.1) is 0 Å². The number of H-pyrrole nitrogens is 1. The van der Waals surface area contributed by atoms with E-state index in [-0.39, 0.29) is 0 Å². The van der Waals surface area contributed by atoms with Crippen molar-refractivity contribution in [2.45, 2.75) is 19.3 Å². The monoisotopic (exact) mass is 398 g/mol. The lowest BCUT2D eigenvalue weighted by atomic mass is 10.1. The molecule has 1 aliphatic rings. The smallest absolute Gasteiger partial charge is 0.140 e. The van der Waals surface area contributed by atoms with Gasteiger partial charge < -0.3 is 9.72 Å². The molecular weight excluding hydrogens is 372 g/mol. The highest BCUT2D eigenvalue weighted by Crippen LogP contribution is 2.27. The van der Waals surface area contributed by atoms with Gasteiger partial charge in [0, 0.05) is 24.5 Å². The van der Waals surface area contributed by atoms with E-state index in [1.54, 1.807) is 6.20 Å². The van der Waals surface area contributed by atoms with E-state index in [4.69, 9.17) is 9.72 Å². The molecule has 1 fully saturated rings. The van der Waals surface area contributed by atoms with Crippen molar-refractivity contribution in [3.8, 4) is 28.3 Å². The minimum atomic E-state index is 0.746. The number of piperidine rings is 1. The van der Waals surface area contributed by atoms with Crippen molar-refractivity contribution in [2.75, 3.05) is 26.2 Å². The Kier molecular flexibility index (Phi) is 5.44. The molecule has 0 unspecified atom stereocenters. The lowest BCUT2D eigenvalue weighted by Crippen LogP contribution is -2.33. The first-order valence-electron chi connectivity index (χ1n) is 10.7. The summed E-state index contributed by atoms with van der Waals surface area (Å²) in [5.74, 6) is 1.77. The second-order valence-electron chi connectivity index (χ2n) is 7.83. The van der Waals surface area contributed by atoms with Gasteiger partial charge in [0.05, 0.1) is 11.0 Å². The maximum atomic E-state index is 5.96. The molecule has 3 heterocycles. The Morgan fingerprint density at radius 1 is 0.900 bits per heavy atom. The quantitative estimate of drug-likeness (QED) is 0.488. The van der Waals surface area contributed by atoms with E-state index in [1.807, 2.05) is 18.3 Å². The molecular formula is C25H26N4O. The number of aromatic amines is 1. The summed E-state index contributed by atoms with van der Waals surface area (Å²) in [7, 11) is 0. The van der Waals surface area contributed by atoms with Crippen molar-refractivity contribution in [1.82, 2.24) is 19.9 Å². The first-order chi connectivity index (χ1) is 14.8. The molecule has 2 aromatic heterocycles. The molecule has 0 aliphatic carbocycles. The van der Waals surface area contributed by atoms with Crippen molar-refractivity contribution < 1.29 is 4.74 Å². The zero-order valence-electron chi connectivity index (χ0n) is 17.1. The zero-order chi connectivity index (χ0) is 20.2. The largest absolute Gasteiger partial charge is 0.492 e. The fraction of sp³-hybridized carbons (Fsp3) is 0.280. The van der Waals surface area contributed by atoms with E-state index in [0.29, 0.717) is 0 Å². The number of pyridine rings is 1. The summed E-state index contributed by atoms with van der Waals surface area (Å²) < 4.78 is 5.96. The first kappa shape index (κ1) is 18.8. The summed E-state index contributed by atoms with van der Waals surface area (Å²) in [5, 5.41) is 0. The van der Waals surface area contributed by atoms with Crippen LogP contribution in [-0.4, -0.2) is 46.1 Å². The van der Waals surface area contributed by atoms with Crippen LogP contribution in [0.1, 0.15) is 19.3 Å². The number of rotatable bonds is 6. The molecule has 0 amide bonds. The van der Waals surface area contributed by atoms with Gasteiger partial charge in [-0.25, -0.2) is 4.98 Å². The summed E-state index contributed by atoms with van der Waals surface area (Å²) in [5.41, 5.74) is 5.27. The molecule has 5 nitrogen and oxygen atoms in total. The fourth-order valence-corrected chi connectivity index (χ4v) is 4.04. The molecule has 152 valence electrons. The van der Waals surface area contributed by atoms with E-state index < -0.39 is 0 Å². The number of nitrogens with zero attached hydrogens (tertiary/aromatic N) is 3. The van der Waals surface area contributed by atoms with E-state index in [0.717, 1.165) is 52.4 Å². The highest BCUT2D eigenvalue weighted by atomic mass is 16.5. The number of likely N-dealkylation sites (tertiary alicyclic amines) is 1. The van der Waals surface area contributed by atoms with E-state index in [9.17, 15) is 0 Å². The Morgan fingerprint density at radius 2 is 1.73 bits per heavy atom. The molecule has 0 bridgehead atoms. The average molecular weight is 399 g/mol. The number of benzene rings is 2. The van der Waals surface area contributed by atoms with Crippen LogP contribution in [0.15, 0.2) is 67.0 Å². The number of nitrogens with one attached hydrogen (secondary N) is 1. The fourth-order valence-electron chi connectivity index (χ4n) is 4.04. The van der Waals surface area contributed by atoms with E-state index in [2.05, 4.69) is 57.3 Å². The number of aromatic nitrogens is 3. The molecule has 0 saturated carbocycles. The number of hydrogen-bond donors (Lipinski definition) is 1. The molecule has 1 saturated heterocycles. The molecule has 0 spiro atoms. The molecule has 30 heavy (non-hydrogen) atoms. The second-order valence-corrected chi connectivity index (χ2v) is 7.83. The third-order valence-electron chi connectivity index (χ3n) is 5.73. The maximum Gasteiger partial charge on any atom is 0.140 e. The molecule has 0 atom stereocenters. The van der Waals surface area contributed by atoms with E-state index in [1.165, 1.54) is 32.4 Å². The molecule has 4 aromatic rings. The number of ether oxygens (including phenoxy) is 1. The molecule has 1 aliphatic heterocycles. The van der Waals surface area contributed by atoms with Crippen LogP contribution in [0.4, 0.5) is 0 Å². The van der Waals surface area contributed by atoms with Crippen LogP contribution >= 0.6 is 0 Å². The Bertz CT molecular complexity index is 1100. The molecule has 5 heteroatoms. The topological polar surface area (TPSA) is 54.0 Å². The number of fused-ring (bicyclic) bond motifs is 1. The van der Waals surface area contributed by atoms with Gasteiger partial charge in [-0.05, 0) is 73.5 Å². The van der Waals surface area contributed by atoms with Crippen molar-refractivity contribution in [3.63, 3.8) is 0 Å². The third kappa shape index (κ3) is 4.21. The van der Waals surface area contributed by atoms with Crippen molar-refractivity contribution in [3.05, 3.63) is 67.0 Å². The highest BCUT2D eigenvalue weighted by Gasteiger charge is 2.10. The minimum Gasteiger partial charge on any atom is -0.492 e. The number of imidazole rings is 1. The number of hydrogen-bond acceptors (Lipinski definition) is 4. The Morgan fingerprint density at radius 3 is 2.53 bits per heavy atom. The minimum absolute atomic E-state index is 0.746. The predicted octanol–water partition coefficient (Wildman–Crippen LogP) is 5.16. The van der Waals surface area contributed by atoms with Gasteiger partial charge in [0.25, 0.3) is 0 Å². The van der Waals surface area contributed by atoms with Gasteiger partial charge in [0.2, 0.25) is 0 Å². The van der Waals surface area contributed by atoms with Gasteiger partial charge in [0.1, 0.15) is 18.2 Å². The molecule has 5 rings (SSSR count). The predicted molar refractivity (Wildman–Crippen MR) is 121 cm³/mol. The van der Waals surface area contributed by atoms with Crippen LogP contribution < -0.4 is 4.74 Å². The lowest BCUT2D eigenvalue weighted by Gasteiger charge is -2.26. The maximum absolute atomic E-state index is 5.96. The van der Waals surface area contributed by atoms with Gasteiger partial charge >= 0.3 is 0 Å². The Labute approximate surface area is 176 Å². The molecule has 0 radical (unpaired) electrons. The summed E-state index contributed by atoms with van der Waals surface area (Å²) in [4.78, 5) is 14.8. The second kappa shape index (κ2) is 8.67. The van der Waals surface area contributed by atoms with Crippen LogP contribution in [0.3, 0.4) is 0 Å². The molecule has 1 N–H and O–H groups in total. The Hall–Kier alpha value is -3.18. The normalized spacial score (nSPS) is 14.8. The lowest BCUT2D eigenvalue weighted by molar-refractivity contribution is 0.183. The summed E-state index contributed by atoms with van der Waals surface area (Å²) >= 11 is 0. The van der Waals surface area contributed by atoms with Crippen LogP contribution in [-0.2, 0) is 0 Å². The van der Waals surface area contributed by atoms with Gasteiger partial charge in [-0.1, -0.05) is 24.6 Å². The van der Waals surface area contributed by atoms with Crippen LogP contribution in [0.25, 0.3) is 33.5 Å². The van der Waals surface area contributed by atoms with E-state index >= 15 is 0 Å². The average Bonchev–Trinajstić information content (AvgIpc) is 3.24. The van der Waals surface area contributed by atoms with Gasteiger partial charge in [-0.15, -0.1) is 0 Å². The summed E-state index contributed by atoms with van der Waals surface area (Å²) in [6.45, 7) is 4.17. The van der Waals surface area contributed by atoms with Gasteiger partial charge in [-0.2, -0.15) is 0 Å². The van der Waals surface area contributed by atoms with Crippen molar-refractivity contribution in [2.24, 2.45) is 0 Å². The highest BCUT2D eigenvalue weighted by molar-refractivity contribution is 5.84. The van der Waals surface area contributed by atoms with Crippen LogP contribution in [0.2, 0.25) is 0 Å². The Balaban J connectivity index is 1.26. The first-order valence-corrected chi connectivity index (χ1v) is 10.7. The molecule has 2 aromatic carbocycles. The third-order valence-corrected chi connectivity index (χ3v) is 5.73.